The number of rotatable bonds is 6. The number of carbonyl (C=O) groups excluding carboxylic acids is 1. The molecule has 0 radical (unpaired) electrons. The Morgan fingerprint density at radius 2 is 2.16 bits per heavy atom. The number of amides is 1. The minimum absolute atomic E-state index is 0.0470. The topological polar surface area (TPSA) is 90.1 Å². The van der Waals surface area contributed by atoms with Crippen LogP contribution in [0.25, 0.3) is 17.5 Å². The van der Waals surface area contributed by atoms with Gasteiger partial charge in [-0.1, -0.05) is 36.7 Å². The fraction of sp³-hybridized carbons (Fsp3) is 0.217. The molecule has 2 aromatic heterocycles. The first-order valence-corrected chi connectivity index (χ1v) is 10.2. The lowest BCUT2D eigenvalue weighted by atomic mass is 10.0. The Bertz CT molecular complexity index is 1140. The second-order valence-corrected chi connectivity index (χ2v) is 7.89. The molecule has 1 unspecified atom stereocenters. The molecule has 1 aliphatic rings. The maximum absolute atomic E-state index is 12.6. The maximum atomic E-state index is 12.6. The number of nitrogens with zero attached hydrogens (tertiary/aromatic N) is 3. The van der Waals surface area contributed by atoms with Crippen LogP contribution in [0, 0.1) is 5.92 Å². The Hall–Kier alpha value is -3.45. The van der Waals surface area contributed by atoms with E-state index in [1.807, 2.05) is 38.1 Å². The summed E-state index contributed by atoms with van der Waals surface area (Å²) in [5.74, 6) is 1.33. The van der Waals surface area contributed by atoms with Gasteiger partial charge in [-0.2, -0.15) is 4.98 Å². The van der Waals surface area contributed by atoms with E-state index in [-0.39, 0.29) is 11.8 Å². The largest absolute Gasteiger partial charge is 0.488 e. The van der Waals surface area contributed by atoms with Gasteiger partial charge >= 0.3 is 0 Å². The summed E-state index contributed by atoms with van der Waals surface area (Å²) in [7, 11) is 0. The van der Waals surface area contributed by atoms with Gasteiger partial charge in [0.05, 0.1) is 0 Å². The molecule has 0 aliphatic carbocycles. The van der Waals surface area contributed by atoms with Crippen LogP contribution in [0.3, 0.4) is 0 Å². The Morgan fingerprint density at radius 3 is 2.94 bits per heavy atom. The molecule has 0 saturated carbocycles. The van der Waals surface area contributed by atoms with Crippen LogP contribution < -0.4 is 10.1 Å². The highest BCUT2D eigenvalue weighted by molar-refractivity contribution is 6.30. The van der Waals surface area contributed by atoms with E-state index in [9.17, 15) is 4.79 Å². The van der Waals surface area contributed by atoms with Crippen LogP contribution >= 0.6 is 11.6 Å². The molecular weight excluding hydrogens is 416 g/mol. The van der Waals surface area contributed by atoms with Crippen molar-refractivity contribution in [1.82, 2.24) is 20.4 Å². The van der Waals surface area contributed by atoms with E-state index < -0.39 is 6.04 Å². The average Bonchev–Trinajstić information content (AvgIpc) is 3.26. The molecule has 8 heteroatoms. The molecule has 1 aromatic carbocycles. The smallest absolute Gasteiger partial charge is 0.249 e. The minimum Gasteiger partial charge on any atom is -0.488 e. The third-order valence-electron chi connectivity index (χ3n) is 4.75. The number of benzene rings is 1. The molecule has 1 amide bonds. The molecule has 0 bridgehead atoms. The Balaban J connectivity index is 1.46. The minimum atomic E-state index is -0.425. The van der Waals surface area contributed by atoms with Crippen molar-refractivity contribution in [2.45, 2.75) is 19.9 Å². The third-order valence-corrected chi connectivity index (χ3v) is 4.98. The monoisotopic (exact) mass is 436 g/mol. The van der Waals surface area contributed by atoms with Gasteiger partial charge in [0.2, 0.25) is 17.6 Å². The number of aromatic nitrogens is 3. The molecule has 7 nitrogen and oxygen atoms in total. The number of hydrogen-bond donors (Lipinski definition) is 1. The summed E-state index contributed by atoms with van der Waals surface area (Å²) in [6.45, 7) is 4.33. The van der Waals surface area contributed by atoms with Crippen LogP contribution in [0.5, 0.6) is 5.75 Å². The number of pyridine rings is 1. The van der Waals surface area contributed by atoms with Crippen molar-refractivity contribution in [3.05, 3.63) is 76.9 Å². The molecule has 0 fully saturated rings. The fourth-order valence-corrected chi connectivity index (χ4v) is 3.31. The maximum Gasteiger partial charge on any atom is 0.249 e. The molecule has 1 atom stereocenters. The predicted octanol–water partition coefficient (Wildman–Crippen LogP) is 4.63. The lowest BCUT2D eigenvalue weighted by Gasteiger charge is -2.18. The summed E-state index contributed by atoms with van der Waals surface area (Å²) in [6, 6.07) is 8.66. The van der Waals surface area contributed by atoms with Crippen molar-refractivity contribution in [2.24, 2.45) is 5.92 Å². The number of nitrogens with one attached hydrogen (secondary N) is 1. The van der Waals surface area contributed by atoms with Gasteiger partial charge in [-0.25, -0.2) is 0 Å². The van der Waals surface area contributed by atoms with Gasteiger partial charge in [-0.15, -0.1) is 0 Å². The molecule has 31 heavy (non-hydrogen) atoms. The highest BCUT2D eigenvalue weighted by atomic mass is 35.5. The van der Waals surface area contributed by atoms with Gasteiger partial charge in [0.1, 0.15) is 18.4 Å². The van der Waals surface area contributed by atoms with Crippen LogP contribution in [0.1, 0.15) is 31.3 Å². The highest BCUT2D eigenvalue weighted by Crippen LogP contribution is 2.29. The standard InChI is InChI=1S/C23H21ClN4O3/c1-14(2)21(23-27-22(28-31-23)16-4-3-9-25-12-16)26-20(29)8-5-15-10-17-11-18(24)6-7-19(17)30-13-15/h3-12,14,21H,13H2,1-2H3,(H,26,29)/b8-5+. The van der Waals surface area contributed by atoms with E-state index in [4.69, 9.17) is 20.9 Å². The van der Waals surface area contributed by atoms with Crippen LogP contribution in [0.2, 0.25) is 5.02 Å². The fourth-order valence-electron chi connectivity index (χ4n) is 3.13. The summed E-state index contributed by atoms with van der Waals surface area (Å²) in [5, 5.41) is 7.58. The lowest BCUT2D eigenvalue weighted by molar-refractivity contribution is -0.117. The van der Waals surface area contributed by atoms with Gasteiger partial charge in [0.25, 0.3) is 0 Å². The van der Waals surface area contributed by atoms with Crippen LogP contribution in [-0.2, 0) is 4.79 Å². The van der Waals surface area contributed by atoms with Crippen LogP contribution in [0.4, 0.5) is 0 Å². The third kappa shape index (κ3) is 5.00. The number of ether oxygens (including phenoxy) is 1. The Morgan fingerprint density at radius 1 is 1.29 bits per heavy atom. The van der Waals surface area contributed by atoms with Crippen molar-refractivity contribution in [3.8, 4) is 17.1 Å². The molecule has 1 N–H and O–H groups in total. The molecule has 0 spiro atoms. The SMILES string of the molecule is CC(C)C(NC(=O)/C=C/C1=Cc2cc(Cl)ccc2OC1)c1nc(-c2cccnc2)no1. The number of carbonyl (C=O) groups is 1. The zero-order chi connectivity index (χ0) is 21.8. The normalized spacial score (nSPS) is 14.1. The first-order chi connectivity index (χ1) is 15.0. The second kappa shape index (κ2) is 9.14. The Labute approximate surface area is 184 Å². The van der Waals surface area contributed by atoms with E-state index >= 15 is 0 Å². The number of halogens is 1. The van der Waals surface area contributed by atoms with E-state index in [2.05, 4.69) is 20.4 Å². The molecule has 1 aliphatic heterocycles. The van der Waals surface area contributed by atoms with Gasteiger partial charge in [0.15, 0.2) is 0 Å². The van der Waals surface area contributed by atoms with Gasteiger partial charge < -0.3 is 14.6 Å². The second-order valence-electron chi connectivity index (χ2n) is 7.45. The zero-order valence-corrected chi connectivity index (χ0v) is 17.8. The average molecular weight is 437 g/mol. The summed E-state index contributed by atoms with van der Waals surface area (Å²) in [4.78, 5) is 21.1. The zero-order valence-electron chi connectivity index (χ0n) is 17.1. The van der Waals surface area contributed by atoms with Crippen molar-refractivity contribution in [1.29, 1.82) is 0 Å². The first-order valence-electron chi connectivity index (χ1n) is 9.85. The van der Waals surface area contributed by atoms with E-state index in [0.717, 1.165) is 22.4 Å². The van der Waals surface area contributed by atoms with Crippen molar-refractivity contribution < 1.29 is 14.1 Å². The summed E-state index contributed by atoms with van der Waals surface area (Å²) in [6.07, 6.45) is 8.48. The highest BCUT2D eigenvalue weighted by Gasteiger charge is 2.24. The van der Waals surface area contributed by atoms with E-state index in [0.29, 0.717) is 23.3 Å². The van der Waals surface area contributed by atoms with Gasteiger partial charge in [-0.05, 0) is 47.9 Å². The first kappa shape index (κ1) is 20.8. The van der Waals surface area contributed by atoms with Crippen LogP contribution in [0.15, 0.2) is 65.0 Å². The molecule has 3 aromatic rings. The molecule has 158 valence electrons. The summed E-state index contributed by atoms with van der Waals surface area (Å²) in [5.41, 5.74) is 2.49. The Kier molecular flexibility index (Phi) is 6.13. The number of fused-ring (bicyclic) bond motifs is 1. The van der Waals surface area contributed by atoms with E-state index in [1.165, 1.54) is 6.08 Å². The van der Waals surface area contributed by atoms with Crippen LogP contribution in [-0.4, -0.2) is 27.6 Å². The van der Waals surface area contributed by atoms with E-state index in [1.54, 1.807) is 30.6 Å². The van der Waals surface area contributed by atoms with Gasteiger partial charge in [-0.3, -0.25) is 9.78 Å². The van der Waals surface area contributed by atoms with Crippen molar-refractivity contribution in [2.75, 3.05) is 6.61 Å². The van der Waals surface area contributed by atoms with Crippen molar-refractivity contribution in [3.63, 3.8) is 0 Å². The molecule has 4 rings (SSSR count). The van der Waals surface area contributed by atoms with Gasteiger partial charge in [0, 0.05) is 34.6 Å². The summed E-state index contributed by atoms with van der Waals surface area (Å²) >= 11 is 6.05. The number of hydrogen-bond acceptors (Lipinski definition) is 6. The quantitative estimate of drug-likeness (QED) is 0.566. The molecule has 0 saturated heterocycles. The molecule has 3 heterocycles. The van der Waals surface area contributed by atoms with Crippen molar-refractivity contribution >= 4 is 23.6 Å². The summed E-state index contributed by atoms with van der Waals surface area (Å²) < 4.78 is 11.1. The molecular formula is C23H21ClN4O3. The lowest BCUT2D eigenvalue weighted by Crippen LogP contribution is -2.30. The predicted molar refractivity (Wildman–Crippen MR) is 117 cm³/mol.